The molecule has 0 aliphatic heterocycles. The number of benzene rings is 1. The molecule has 0 saturated carbocycles. The fraction of sp³-hybridized carbons (Fsp3) is 0. The van der Waals surface area contributed by atoms with Crippen LogP contribution in [0.5, 0.6) is 0 Å². The maximum atomic E-state index is 10.6. The topological polar surface area (TPSA) is 60.2 Å². The molecule has 70 valence electrons. The molecule has 0 heterocycles. The summed E-state index contributed by atoms with van der Waals surface area (Å²) >= 11 is 3.28. The summed E-state index contributed by atoms with van der Waals surface area (Å²) in [5.41, 5.74) is 0.775. The van der Waals surface area contributed by atoms with E-state index in [0.717, 1.165) is 15.4 Å². The summed E-state index contributed by atoms with van der Waals surface area (Å²) < 4.78 is 22.0. The number of hydrogen-bond acceptors (Lipinski definition) is 2. The number of primary sulfonamides is 1. The van der Waals surface area contributed by atoms with Crippen molar-refractivity contribution in [3.05, 3.63) is 39.7 Å². The minimum absolute atomic E-state index is 0.775. The third-order valence-electron chi connectivity index (χ3n) is 1.34. The van der Waals surface area contributed by atoms with Crippen LogP contribution in [0.1, 0.15) is 5.56 Å². The van der Waals surface area contributed by atoms with Crippen LogP contribution in [0, 0.1) is 0 Å². The first kappa shape index (κ1) is 10.4. The van der Waals surface area contributed by atoms with Gasteiger partial charge in [-0.3, -0.25) is 0 Å². The smallest absolute Gasteiger partial charge is 0.225 e. The normalized spacial score (nSPS) is 12.2. The molecule has 0 amide bonds. The molecule has 0 unspecified atom stereocenters. The molecule has 1 aromatic carbocycles. The lowest BCUT2D eigenvalue weighted by Gasteiger charge is -1.95. The van der Waals surface area contributed by atoms with Crippen LogP contribution in [0.2, 0.25) is 0 Å². The van der Waals surface area contributed by atoms with E-state index in [2.05, 4.69) is 15.9 Å². The van der Waals surface area contributed by atoms with Crippen molar-refractivity contribution in [1.29, 1.82) is 0 Å². The Bertz CT molecular complexity index is 426. The summed E-state index contributed by atoms with van der Waals surface area (Å²) in [4.78, 5) is 0. The molecule has 5 heteroatoms. The van der Waals surface area contributed by atoms with E-state index >= 15 is 0 Å². The van der Waals surface area contributed by atoms with Crippen LogP contribution in [0.3, 0.4) is 0 Å². The Balaban J connectivity index is 3.00. The Morgan fingerprint density at radius 2 is 1.92 bits per heavy atom. The van der Waals surface area contributed by atoms with Crippen LogP contribution >= 0.6 is 15.9 Å². The molecule has 0 spiro atoms. The van der Waals surface area contributed by atoms with Gasteiger partial charge in [0.1, 0.15) is 0 Å². The second-order valence-corrected chi connectivity index (χ2v) is 4.72. The molecule has 13 heavy (non-hydrogen) atoms. The van der Waals surface area contributed by atoms with Gasteiger partial charge in [-0.2, -0.15) is 0 Å². The molecular formula is C8H8BrNO2S. The third kappa shape index (κ3) is 3.71. The van der Waals surface area contributed by atoms with Gasteiger partial charge in [-0.25, -0.2) is 13.6 Å². The van der Waals surface area contributed by atoms with Gasteiger partial charge in [-0.1, -0.05) is 34.1 Å². The van der Waals surface area contributed by atoms with E-state index in [1.165, 1.54) is 6.08 Å². The zero-order chi connectivity index (χ0) is 9.90. The number of sulfonamides is 1. The molecule has 1 aromatic rings. The first-order valence-electron chi connectivity index (χ1n) is 3.44. The molecule has 0 fully saturated rings. The maximum absolute atomic E-state index is 10.6. The third-order valence-corrected chi connectivity index (χ3v) is 2.58. The number of rotatable bonds is 2. The molecular weight excluding hydrogens is 254 g/mol. The number of nitrogens with two attached hydrogens (primary N) is 1. The molecule has 1 rings (SSSR count). The Morgan fingerprint density at radius 1 is 1.31 bits per heavy atom. The quantitative estimate of drug-likeness (QED) is 0.881. The fourth-order valence-corrected chi connectivity index (χ4v) is 1.53. The van der Waals surface area contributed by atoms with Crippen molar-refractivity contribution in [2.45, 2.75) is 0 Å². The van der Waals surface area contributed by atoms with E-state index in [0.29, 0.717) is 0 Å². The zero-order valence-corrected chi connectivity index (χ0v) is 9.05. The summed E-state index contributed by atoms with van der Waals surface area (Å²) in [6.45, 7) is 0. The first-order valence-corrected chi connectivity index (χ1v) is 5.85. The van der Waals surface area contributed by atoms with E-state index in [-0.39, 0.29) is 0 Å². The van der Waals surface area contributed by atoms with Crippen LogP contribution in [0.25, 0.3) is 6.08 Å². The average Bonchev–Trinajstić information content (AvgIpc) is 2.01. The highest BCUT2D eigenvalue weighted by molar-refractivity contribution is 9.10. The lowest BCUT2D eigenvalue weighted by atomic mass is 10.2. The molecule has 0 aromatic heterocycles. The zero-order valence-electron chi connectivity index (χ0n) is 6.64. The Labute approximate surface area is 85.4 Å². The summed E-state index contributed by atoms with van der Waals surface area (Å²) in [6, 6.07) is 7.26. The van der Waals surface area contributed by atoms with Crippen molar-refractivity contribution in [2.24, 2.45) is 5.14 Å². The van der Waals surface area contributed by atoms with Crippen LogP contribution in [0.4, 0.5) is 0 Å². The summed E-state index contributed by atoms with van der Waals surface area (Å²) in [7, 11) is -3.54. The maximum Gasteiger partial charge on any atom is 0.231 e. The largest absolute Gasteiger partial charge is 0.231 e. The molecule has 0 radical (unpaired) electrons. The molecule has 0 saturated heterocycles. The fourth-order valence-electron chi connectivity index (χ4n) is 0.778. The van der Waals surface area contributed by atoms with Crippen molar-refractivity contribution in [3.63, 3.8) is 0 Å². The van der Waals surface area contributed by atoms with E-state index in [1.807, 2.05) is 18.2 Å². The second kappa shape index (κ2) is 4.04. The van der Waals surface area contributed by atoms with Crippen molar-refractivity contribution < 1.29 is 8.42 Å². The summed E-state index contributed by atoms with van der Waals surface area (Å²) in [5.74, 6) is 0. The Morgan fingerprint density at radius 3 is 2.46 bits per heavy atom. The minimum Gasteiger partial charge on any atom is -0.225 e. The molecule has 0 atom stereocenters. The molecule has 0 bridgehead atoms. The van der Waals surface area contributed by atoms with Gasteiger partial charge in [0, 0.05) is 9.88 Å². The molecule has 2 N–H and O–H groups in total. The van der Waals surface area contributed by atoms with Crippen LogP contribution in [-0.2, 0) is 10.0 Å². The number of halogens is 1. The van der Waals surface area contributed by atoms with Gasteiger partial charge in [0.2, 0.25) is 10.0 Å². The van der Waals surface area contributed by atoms with E-state index in [9.17, 15) is 8.42 Å². The average molecular weight is 262 g/mol. The van der Waals surface area contributed by atoms with Gasteiger partial charge < -0.3 is 0 Å². The van der Waals surface area contributed by atoms with Gasteiger partial charge in [-0.05, 0) is 17.7 Å². The second-order valence-electron chi connectivity index (χ2n) is 2.41. The predicted molar refractivity (Wildman–Crippen MR) is 56.3 cm³/mol. The monoisotopic (exact) mass is 261 g/mol. The highest BCUT2D eigenvalue weighted by Crippen LogP contribution is 2.17. The SMILES string of the molecule is NS(=O)(=O)/C=C/c1ccccc1Br. The van der Waals surface area contributed by atoms with Gasteiger partial charge in [0.25, 0.3) is 0 Å². The highest BCUT2D eigenvalue weighted by atomic mass is 79.9. The lowest BCUT2D eigenvalue weighted by molar-refractivity contribution is 0.606. The van der Waals surface area contributed by atoms with Crippen molar-refractivity contribution >= 4 is 32.0 Å². The van der Waals surface area contributed by atoms with Gasteiger partial charge in [0.05, 0.1) is 0 Å². The minimum atomic E-state index is -3.54. The molecule has 0 aliphatic rings. The number of hydrogen-bond donors (Lipinski definition) is 1. The van der Waals surface area contributed by atoms with Crippen molar-refractivity contribution in [3.8, 4) is 0 Å². The molecule has 3 nitrogen and oxygen atoms in total. The molecule has 0 aliphatic carbocycles. The van der Waals surface area contributed by atoms with E-state index < -0.39 is 10.0 Å². The predicted octanol–water partition coefficient (Wildman–Crippen LogP) is 1.71. The highest BCUT2D eigenvalue weighted by Gasteiger charge is 1.96. The van der Waals surface area contributed by atoms with Crippen molar-refractivity contribution in [1.82, 2.24) is 0 Å². The van der Waals surface area contributed by atoms with E-state index in [4.69, 9.17) is 5.14 Å². The van der Waals surface area contributed by atoms with Crippen molar-refractivity contribution in [2.75, 3.05) is 0 Å². The Hall–Kier alpha value is -0.650. The van der Waals surface area contributed by atoms with E-state index in [1.54, 1.807) is 6.07 Å². The van der Waals surface area contributed by atoms with Crippen LogP contribution < -0.4 is 5.14 Å². The van der Waals surface area contributed by atoms with Gasteiger partial charge >= 0.3 is 0 Å². The first-order chi connectivity index (χ1) is 5.99. The Kier molecular flexibility index (Phi) is 3.24. The van der Waals surface area contributed by atoms with Crippen LogP contribution in [-0.4, -0.2) is 8.42 Å². The van der Waals surface area contributed by atoms with Gasteiger partial charge in [0.15, 0.2) is 0 Å². The van der Waals surface area contributed by atoms with Gasteiger partial charge in [-0.15, -0.1) is 0 Å². The summed E-state index contributed by atoms with van der Waals surface area (Å²) in [5, 5.41) is 5.77. The lowest BCUT2D eigenvalue weighted by Crippen LogP contribution is -2.06. The van der Waals surface area contributed by atoms with Crippen LogP contribution in [0.15, 0.2) is 34.1 Å². The standard InChI is InChI=1S/C8H8BrNO2S/c9-8-4-2-1-3-7(8)5-6-13(10,11)12/h1-6H,(H2,10,11,12)/b6-5+. The summed E-state index contributed by atoms with van der Waals surface area (Å²) in [6.07, 6.45) is 1.44.